The van der Waals surface area contributed by atoms with Gasteiger partial charge in [-0.05, 0) is 69.0 Å². The first-order valence-corrected chi connectivity index (χ1v) is 10.3. The highest BCUT2D eigenvalue weighted by Gasteiger charge is 2.10. The Labute approximate surface area is 168 Å². The van der Waals surface area contributed by atoms with Gasteiger partial charge in [-0.2, -0.15) is 0 Å². The molecule has 0 aliphatic heterocycles. The lowest BCUT2D eigenvalue weighted by molar-refractivity contribution is 0.741. The van der Waals surface area contributed by atoms with Crippen LogP contribution >= 0.6 is 0 Å². The summed E-state index contributed by atoms with van der Waals surface area (Å²) in [6.07, 6.45) is 13.2. The molecule has 0 saturated heterocycles. The molecule has 1 unspecified atom stereocenters. The minimum atomic E-state index is 0.409. The molecule has 3 rings (SSSR count). The second kappa shape index (κ2) is 9.65. The number of hydrogen-bond donors (Lipinski definition) is 2. The van der Waals surface area contributed by atoms with Gasteiger partial charge in [-0.3, -0.25) is 0 Å². The third-order valence-corrected chi connectivity index (χ3v) is 5.09. The molecule has 1 aliphatic carbocycles. The maximum Gasteiger partial charge on any atom is 0.154 e. The van der Waals surface area contributed by atoms with Gasteiger partial charge >= 0.3 is 0 Å². The minimum Gasteiger partial charge on any atom is -0.369 e. The van der Waals surface area contributed by atoms with Crippen LogP contribution in [0.15, 0.2) is 48.1 Å². The molecule has 1 aromatic carbocycles. The van der Waals surface area contributed by atoms with Crippen LogP contribution in [0.1, 0.15) is 38.1 Å². The van der Waals surface area contributed by atoms with Crippen molar-refractivity contribution in [2.24, 2.45) is 11.8 Å². The average molecular weight is 377 g/mol. The summed E-state index contributed by atoms with van der Waals surface area (Å²) in [6, 6.07) is 6.35. The maximum absolute atomic E-state index is 4.80. The van der Waals surface area contributed by atoms with Crippen LogP contribution in [0.5, 0.6) is 0 Å². The third-order valence-electron chi connectivity index (χ3n) is 5.09. The monoisotopic (exact) mass is 376 g/mol. The van der Waals surface area contributed by atoms with Gasteiger partial charge in [0.25, 0.3) is 0 Å². The number of fused-ring (bicyclic) bond motifs is 1. The Bertz CT molecular complexity index is 893. The average Bonchev–Trinajstić information content (AvgIpc) is 2.70. The van der Waals surface area contributed by atoms with Crippen LogP contribution in [0.3, 0.4) is 0 Å². The maximum atomic E-state index is 4.80. The van der Waals surface area contributed by atoms with Crippen LogP contribution < -0.4 is 10.6 Å². The van der Waals surface area contributed by atoms with Gasteiger partial charge in [-0.25, -0.2) is 9.97 Å². The highest BCUT2D eigenvalue weighted by molar-refractivity contribution is 5.90. The van der Waals surface area contributed by atoms with E-state index in [-0.39, 0.29) is 0 Å². The second-order valence-electron chi connectivity index (χ2n) is 7.81. The minimum absolute atomic E-state index is 0.409. The Morgan fingerprint density at radius 2 is 2.07 bits per heavy atom. The molecule has 2 N–H and O–H groups in total. The van der Waals surface area contributed by atoms with E-state index in [1.165, 1.54) is 11.1 Å². The molecule has 4 nitrogen and oxygen atoms in total. The summed E-state index contributed by atoms with van der Waals surface area (Å²) in [6.45, 7) is 8.45. The van der Waals surface area contributed by atoms with Gasteiger partial charge in [-0.1, -0.05) is 49.8 Å². The smallest absolute Gasteiger partial charge is 0.154 e. The zero-order valence-corrected chi connectivity index (χ0v) is 17.5. The van der Waals surface area contributed by atoms with Gasteiger partial charge in [0.05, 0.1) is 5.52 Å². The molecule has 148 valence electrons. The molecule has 1 heterocycles. The highest BCUT2D eigenvalue weighted by atomic mass is 15.0. The number of anilines is 1. The summed E-state index contributed by atoms with van der Waals surface area (Å²) in [7, 11) is 1.98. The highest BCUT2D eigenvalue weighted by Crippen LogP contribution is 2.25. The van der Waals surface area contributed by atoms with E-state index < -0.39 is 0 Å². The first-order valence-electron chi connectivity index (χ1n) is 10.3. The fraction of sp³-hybridized carbons (Fsp3) is 0.417. The van der Waals surface area contributed by atoms with Gasteiger partial charge in [0, 0.05) is 11.9 Å². The zero-order chi connectivity index (χ0) is 19.9. The summed E-state index contributed by atoms with van der Waals surface area (Å²) in [5, 5.41) is 7.77. The van der Waals surface area contributed by atoms with Crippen molar-refractivity contribution < 1.29 is 0 Å². The van der Waals surface area contributed by atoms with Crippen LogP contribution in [0, 0.1) is 18.8 Å². The van der Waals surface area contributed by atoms with Crippen LogP contribution in [0.25, 0.3) is 17.0 Å². The van der Waals surface area contributed by atoms with Crippen molar-refractivity contribution in [1.82, 2.24) is 15.3 Å². The lowest BCUT2D eigenvalue weighted by Gasteiger charge is -2.15. The van der Waals surface area contributed by atoms with Crippen molar-refractivity contribution in [2.75, 3.05) is 25.5 Å². The van der Waals surface area contributed by atoms with Crippen molar-refractivity contribution in [1.29, 1.82) is 0 Å². The van der Waals surface area contributed by atoms with Crippen molar-refractivity contribution in [3.8, 4) is 0 Å². The zero-order valence-electron chi connectivity index (χ0n) is 17.5. The molecule has 28 heavy (non-hydrogen) atoms. The molecular formula is C24H32N4. The van der Waals surface area contributed by atoms with Crippen molar-refractivity contribution in [2.45, 2.75) is 33.6 Å². The van der Waals surface area contributed by atoms with Gasteiger partial charge in [-0.15, -0.1) is 0 Å². The SMILES string of the molecule is CNCCCNc1nc(/C=C/C2C=CC(C(C)C)=CC2)nc2ccc(C)cc12. The summed E-state index contributed by atoms with van der Waals surface area (Å²) >= 11 is 0. The first-order chi connectivity index (χ1) is 13.6. The van der Waals surface area contributed by atoms with E-state index in [0.717, 1.165) is 48.5 Å². The van der Waals surface area contributed by atoms with Crippen LogP contribution in [0.4, 0.5) is 5.82 Å². The quantitative estimate of drug-likeness (QED) is 0.627. The molecule has 0 saturated carbocycles. The largest absolute Gasteiger partial charge is 0.369 e. The standard InChI is InChI=1S/C24H32N4/c1-17(2)20-10-7-19(8-11-20)9-13-23-27-22-12-6-18(3)16-21(22)24(28-23)26-15-5-14-25-4/h6-7,9-13,16-17,19,25H,5,8,14-15H2,1-4H3,(H,26,27,28)/b13-9+. The second-order valence-corrected chi connectivity index (χ2v) is 7.81. The van der Waals surface area contributed by atoms with Crippen molar-refractivity contribution in [3.05, 3.63) is 59.5 Å². The van der Waals surface area contributed by atoms with Crippen LogP contribution in [-0.2, 0) is 0 Å². The molecule has 0 spiro atoms. The first kappa shape index (κ1) is 20.3. The van der Waals surface area contributed by atoms with E-state index in [1.807, 2.05) is 7.05 Å². The molecule has 0 amide bonds. The Morgan fingerprint density at radius 1 is 1.21 bits per heavy atom. The molecule has 0 bridgehead atoms. The molecule has 4 heteroatoms. The fourth-order valence-electron chi connectivity index (χ4n) is 3.38. The number of aryl methyl sites for hydroxylation is 1. The molecule has 1 atom stereocenters. The summed E-state index contributed by atoms with van der Waals surface area (Å²) < 4.78 is 0. The number of benzene rings is 1. The number of hydrogen-bond acceptors (Lipinski definition) is 4. The number of allylic oxidation sites excluding steroid dienone is 5. The summed E-state index contributed by atoms with van der Waals surface area (Å²) in [5.74, 6) is 2.68. The van der Waals surface area contributed by atoms with Gasteiger partial charge in [0.2, 0.25) is 0 Å². The van der Waals surface area contributed by atoms with E-state index in [4.69, 9.17) is 9.97 Å². The molecule has 2 aromatic rings. The molecular weight excluding hydrogens is 344 g/mol. The molecule has 1 aromatic heterocycles. The van der Waals surface area contributed by atoms with Gasteiger partial charge < -0.3 is 10.6 Å². The van der Waals surface area contributed by atoms with Crippen molar-refractivity contribution >= 4 is 22.8 Å². The number of rotatable bonds is 8. The Morgan fingerprint density at radius 3 is 2.79 bits per heavy atom. The van der Waals surface area contributed by atoms with E-state index in [0.29, 0.717) is 11.8 Å². The lowest BCUT2D eigenvalue weighted by atomic mass is 9.91. The third kappa shape index (κ3) is 5.29. The van der Waals surface area contributed by atoms with Crippen molar-refractivity contribution in [3.63, 3.8) is 0 Å². The predicted octanol–water partition coefficient (Wildman–Crippen LogP) is 5.13. The summed E-state index contributed by atoms with van der Waals surface area (Å²) in [4.78, 5) is 9.56. The topological polar surface area (TPSA) is 49.8 Å². The van der Waals surface area contributed by atoms with E-state index in [2.05, 4.69) is 80.0 Å². The Kier molecular flexibility index (Phi) is 6.99. The summed E-state index contributed by atoms with van der Waals surface area (Å²) in [5.41, 5.74) is 3.63. The number of nitrogens with zero attached hydrogens (tertiary/aromatic N) is 2. The predicted molar refractivity (Wildman–Crippen MR) is 121 cm³/mol. The van der Waals surface area contributed by atoms with E-state index in [9.17, 15) is 0 Å². The van der Waals surface area contributed by atoms with Gasteiger partial charge in [0.1, 0.15) is 5.82 Å². The molecule has 0 radical (unpaired) electrons. The lowest BCUT2D eigenvalue weighted by Crippen LogP contribution is -2.14. The van der Waals surface area contributed by atoms with Crippen LogP contribution in [-0.4, -0.2) is 30.1 Å². The fourth-order valence-corrected chi connectivity index (χ4v) is 3.38. The normalized spacial score (nSPS) is 16.9. The molecule has 0 fully saturated rings. The number of nitrogens with one attached hydrogen (secondary N) is 2. The Hall–Kier alpha value is -2.46. The van der Waals surface area contributed by atoms with E-state index in [1.54, 1.807) is 0 Å². The van der Waals surface area contributed by atoms with Gasteiger partial charge in [0.15, 0.2) is 5.82 Å². The molecule has 1 aliphatic rings. The van der Waals surface area contributed by atoms with Crippen LogP contribution in [0.2, 0.25) is 0 Å². The Balaban J connectivity index is 1.79. The number of aromatic nitrogens is 2. The van der Waals surface area contributed by atoms with E-state index >= 15 is 0 Å².